The first-order chi connectivity index (χ1) is 9.08. The van der Waals surface area contributed by atoms with Crippen molar-refractivity contribution in [3.63, 3.8) is 0 Å². The SMILES string of the molecule is Cc1ccccc1/C=C(/c1ccc(F)cc1)[N+](=O)[O-]. The van der Waals surface area contributed by atoms with E-state index in [9.17, 15) is 14.5 Å². The molecule has 0 atom stereocenters. The predicted molar refractivity (Wildman–Crippen MR) is 72.4 cm³/mol. The lowest BCUT2D eigenvalue weighted by Gasteiger charge is -2.02. The van der Waals surface area contributed by atoms with Gasteiger partial charge in [0, 0.05) is 6.08 Å². The molecule has 2 rings (SSSR count). The topological polar surface area (TPSA) is 43.1 Å². The fraction of sp³-hybridized carbons (Fsp3) is 0.0667. The molecule has 2 aromatic rings. The van der Waals surface area contributed by atoms with Gasteiger partial charge in [-0.3, -0.25) is 10.1 Å². The first-order valence-electron chi connectivity index (χ1n) is 5.75. The number of nitro groups is 1. The Morgan fingerprint density at radius 1 is 1.16 bits per heavy atom. The number of halogens is 1. The molecule has 0 aliphatic carbocycles. The highest BCUT2D eigenvalue weighted by Gasteiger charge is 2.14. The normalized spacial score (nSPS) is 11.4. The summed E-state index contributed by atoms with van der Waals surface area (Å²) in [4.78, 5) is 10.7. The van der Waals surface area contributed by atoms with Gasteiger partial charge in [0.2, 0.25) is 0 Å². The molecule has 4 heteroatoms. The summed E-state index contributed by atoms with van der Waals surface area (Å²) in [5.74, 6) is -0.415. The predicted octanol–water partition coefficient (Wildman–Crippen LogP) is 3.91. The second-order valence-electron chi connectivity index (χ2n) is 4.15. The third kappa shape index (κ3) is 3.04. The summed E-state index contributed by atoms with van der Waals surface area (Å²) in [7, 11) is 0. The maximum atomic E-state index is 12.9. The molecule has 0 spiro atoms. The van der Waals surface area contributed by atoms with Crippen LogP contribution in [0.25, 0.3) is 11.8 Å². The molecule has 2 aromatic carbocycles. The van der Waals surface area contributed by atoms with E-state index < -0.39 is 10.7 Å². The number of aryl methyl sites for hydroxylation is 1. The molecule has 0 saturated heterocycles. The molecule has 96 valence electrons. The van der Waals surface area contributed by atoms with Crippen LogP contribution in [-0.4, -0.2) is 4.92 Å². The zero-order chi connectivity index (χ0) is 13.8. The summed E-state index contributed by atoms with van der Waals surface area (Å²) in [5, 5.41) is 11.1. The Labute approximate surface area is 110 Å². The van der Waals surface area contributed by atoms with E-state index in [0.717, 1.165) is 11.1 Å². The number of benzene rings is 2. The smallest absolute Gasteiger partial charge is 0.258 e. The van der Waals surface area contributed by atoms with Crippen LogP contribution in [0.3, 0.4) is 0 Å². The van der Waals surface area contributed by atoms with Crippen LogP contribution in [0.15, 0.2) is 48.5 Å². The molecule has 0 unspecified atom stereocenters. The van der Waals surface area contributed by atoms with Crippen molar-refractivity contribution in [1.82, 2.24) is 0 Å². The van der Waals surface area contributed by atoms with E-state index in [-0.39, 0.29) is 5.70 Å². The van der Waals surface area contributed by atoms with Gasteiger partial charge in [-0.2, -0.15) is 0 Å². The number of nitrogens with zero attached hydrogens (tertiary/aromatic N) is 1. The Morgan fingerprint density at radius 2 is 1.79 bits per heavy atom. The van der Waals surface area contributed by atoms with Gasteiger partial charge in [0.05, 0.1) is 10.5 Å². The molecule has 0 aromatic heterocycles. The minimum atomic E-state index is -0.459. The first kappa shape index (κ1) is 13.0. The van der Waals surface area contributed by atoms with E-state index in [0.29, 0.717) is 5.56 Å². The summed E-state index contributed by atoms with van der Waals surface area (Å²) in [6, 6.07) is 12.6. The molecule has 0 heterocycles. The van der Waals surface area contributed by atoms with Crippen LogP contribution in [0.1, 0.15) is 16.7 Å². The molecular formula is C15H12FNO2. The van der Waals surface area contributed by atoms with E-state index in [4.69, 9.17) is 0 Å². The summed E-state index contributed by atoms with van der Waals surface area (Å²) < 4.78 is 12.9. The Morgan fingerprint density at radius 3 is 2.37 bits per heavy atom. The molecular weight excluding hydrogens is 245 g/mol. The molecule has 0 N–H and O–H groups in total. The Balaban J connectivity index is 2.50. The van der Waals surface area contributed by atoms with Crippen molar-refractivity contribution in [2.24, 2.45) is 0 Å². The average Bonchev–Trinajstić information content (AvgIpc) is 2.39. The third-order valence-electron chi connectivity index (χ3n) is 2.82. The van der Waals surface area contributed by atoms with Crippen molar-refractivity contribution in [3.05, 3.63) is 81.2 Å². The molecule has 0 bridgehead atoms. The summed E-state index contributed by atoms with van der Waals surface area (Å²) in [6.45, 7) is 1.88. The van der Waals surface area contributed by atoms with Gasteiger partial charge in [-0.15, -0.1) is 0 Å². The first-order valence-corrected chi connectivity index (χ1v) is 5.75. The summed E-state index contributed by atoms with van der Waals surface area (Å²) in [5.41, 5.74) is 2.06. The largest absolute Gasteiger partial charge is 0.277 e. The van der Waals surface area contributed by atoms with Gasteiger partial charge in [0.1, 0.15) is 5.82 Å². The van der Waals surface area contributed by atoms with Crippen LogP contribution in [0.2, 0.25) is 0 Å². The van der Waals surface area contributed by atoms with Gasteiger partial charge in [0.15, 0.2) is 0 Å². The summed E-state index contributed by atoms with van der Waals surface area (Å²) >= 11 is 0. The van der Waals surface area contributed by atoms with Gasteiger partial charge in [-0.1, -0.05) is 24.3 Å². The van der Waals surface area contributed by atoms with Crippen LogP contribution in [0, 0.1) is 22.9 Å². The molecule has 19 heavy (non-hydrogen) atoms. The van der Waals surface area contributed by atoms with Gasteiger partial charge >= 0.3 is 0 Å². The second-order valence-corrected chi connectivity index (χ2v) is 4.15. The zero-order valence-electron chi connectivity index (χ0n) is 10.3. The molecule has 0 radical (unpaired) electrons. The lowest BCUT2D eigenvalue weighted by Crippen LogP contribution is -1.98. The molecule has 0 aliphatic rings. The number of hydrogen-bond acceptors (Lipinski definition) is 2. The van der Waals surface area contributed by atoms with Crippen molar-refractivity contribution >= 4 is 11.8 Å². The van der Waals surface area contributed by atoms with Crippen molar-refractivity contribution in [2.45, 2.75) is 6.92 Å². The number of rotatable bonds is 3. The molecule has 0 saturated carbocycles. The van der Waals surface area contributed by atoms with Gasteiger partial charge in [0.25, 0.3) is 5.70 Å². The van der Waals surface area contributed by atoms with E-state index in [1.807, 2.05) is 31.2 Å². The number of hydrogen-bond donors (Lipinski definition) is 0. The lowest BCUT2D eigenvalue weighted by molar-refractivity contribution is -0.374. The lowest BCUT2D eigenvalue weighted by atomic mass is 10.1. The quantitative estimate of drug-likeness (QED) is 0.475. The van der Waals surface area contributed by atoms with E-state index in [1.54, 1.807) is 0 Å². The van der Waals surface area contributed by atoms with Gasteiger partial charge < -0.3 is 0 Å². The highest BCUT2D eigenvalue weighted by atomic mass is 19.1. The van der Waals surface area contributed by atoms with Crippen LogP contribution in [0.5, 0.6) is 0 Å². The highest BCUT2D eigenvalue weighted by molar-refractivity contribution is 5.77. The standard InChI is InChI=1S/C15H12FNO2/c1-11-4-2-3-5-13(11)10-15(17(18)19)12-6-8-14(16)9-7-12/h2-10H,1H3/b15-10-. The maximum Gasteiger partial charge on any atom is 0.277 e. The van der Waals surface area contributed by atoms with E-state index >= 15 is 0 Å². The zero-order valence-corrected chi connectivity index (χ0v) is 10.3. The molecule has 3 nitrogen and oxygen atoms in total. The Kier molecular flexibility index (Phi) is 3.71. The van der Waals surface area contributed by atoms with Crippen LogP contribution in [0.4, 0.5) is 4.39 Å². The highest BCUT2D eigenvalue weighted by Crippen LogP contribution is 2.20. The van der Waals surface area contributed by atoms with Crippen LogP contribution in [-0.2, 0) is 0 Å². The van der Waals surface area contributed by atoms with Crippen LogP contribution < -0.4 is 0 Å². The van der Waals surface area contributed by atoms with Crippen molar-refractivity contribution in [2.75, 3.05) is 0 Å². The minimum Gasteiger partial charge on any atom is -0.258 e. The maximum absolute atomic E-state index is 12.9. The third-order valence-corrected chi connectivity index (χ3v) is 2.82. The fourth-order valence-electron chi connectivity index (χ4n) is 1.76. The average molecular weight is 257 g/mol. The summed E-state index contributed by atoms with van der Waals surface area (Å²) in [6.07, 6.45) is 1.50. The van der Waals surface area contributed by atoms with Crippen LogP contribution >= 0.6 is 0 Å². The van der Waals surface area contributed by atoms with Crippen molar-refractivity contribution in [1.29, 1.82) is 0 Å². The molecule has 0 aliphatic heterocycles. The molecule has 0 fully saturated rings. The Hall–Kier alpha value is -2.49. The van der Waals surface area contributed by atoms with E-state index in [2.05, 4.69) is 0 Å². The van der Waals surface area contributed by atoms with Gasteiger partial charge in [-0.05, 0) is 42.3 Å². The van der Waals surface area contributed by atoms with Crippen molar-refractivity contribution in [3.8, 4) is 0 Å². The van der Waals surface area contributed by atoms with Crippen molar-refractivity contribution < 1.29 is 9.31 Å². The second kappa shape index (κ2) is 5.44. The monoisotopic (exact) mass is 257 g/mol. The fourth-order valence-corrected chi connectivity index (χ4v) is 1.76. The van der Waals surface area contributed by atoms with Gasteiger partial charge in [-0.25, -0.2) is 4.39 Å². The minimum absolute atomic E-state index is 0.0469. The van der Waals surface area contributed by atoms with E-state index in [1.165, 1.54) is 30.3 Å². The molecule has 0 amide bonds. The Bertz CT molecular complexity index is 633.